The van der Waals surface area contributed by atoms with Gasteiger partial charge >= 0.3 is 5.97 Å². The molecule has 1 aromatic heterocycles. The van der Waals surface area contributed by atoms with E-state index in [-0.39, 0.29) is 16.9 Å². The predicted octanol–water partition coefficient (Wildman–Crippen LogP) is 2.52. The average molecular weight is 273 g/mol. The number of hydrogen-bond acceptors (Lipinski definition) is 6. The number of methoxy groups -OCH3 is 1. The van der Waals surface area contributed by atoms with Crippen molar-refractivity contribution in [2.24, 2.45) is 0 Å². The second-order valence-corrected chi connectivity index (χ2v) is 3.85. The zero-order valence-electron chi connectivity index (χ0n) is 10.6. The van der Waals surface area contributed by atoms with E-state index >= 15 is 0 Å². The average Bonchev–Trinajstić information content (AvgIpc) is 2.47. The summed E-state index contributed by atoms with van der Waals surface area (Å²) in [5.41, 5.74) is 0.870. The van der Waals surface area contributed by atoms with E-state index in [2.05, 4.69) is 15.0 Å². The van der Waals surface area contributed by atoms with Crippen LogP contribution in [0.4, 0.5) is 17.1 Å². The number of anilines is 2. The van der Waals surface area contributed by atoms with E-state index in [1.165, 1.54) is 31.5 Å². The van der Waals surface area contributed by atoms with E-state index in [9.17, 15) is 14.9 Å². The highest BCUT2D eigenvalue weighted by Crippen LogP contribution is 2.28. The molecule has 0 aliphatic heterocycles. The molecule has 7 heteroatoms. The third kappa shape index (κ3) is 2.89. The molecule has 20 heavy (non-hydrogen) atoms. The van der Waals surface area contributed by atoms with Crippen LogP contribution in [0.25, 0.3) is 0 Å². The molecule has 0 unspecified atom stereocenters. The molecule has 1 N–H and O–H groups in total. The zero-order chi connectivity index (χ0) is 14.5. The van der Waals surface area contributed by atoms with E-state index in [0.29, 0.717) is 5.69 Å². The van der Waals surface area contributed by atoms with Crippen molar-refractivity contribution >= 4 is 23.0 Å². The molecule has 0 fully saturated rings. The van der Waals surface area contributed by atoms with Crippen LogP contribution in [-0.2, 0) is 4.74 Å². The first-order chi connectivity index (χ1) is 9.61. The van der Waals surface area contributed by atoms with Gasteiger partial charge in [-0.1, -0.05) is 0 Å². The fourth-order valence-corrected chi connectivity index (χ4v) is 1.63. The van der Waals surface area contributed by atoms with Gasteiger partial charge in [0.05, 0.1) is 29.5 Å². The number of nitro groups is 1. The molecule has 1 heterocycles. The van der Waals surface area contributed by atoms with Crippen LogP contribution in [-0.4, -0.2) is 23.0 Å². The first kappa shape index (κ1) is 13.5. The highest BCUT2D eigenvalue weighted by Gasteiger charge is 2.17. The monoisotopic (exact) mass is 273 g/mol. The fraction of sp³-hybridized carbons (Fsp3) is 0.0769. The van der Waals surface area contributed by atoms with Crippen molar-refractivity contribution in [2.45, 2.75) is 0 Å². The maximum Gasteiger partial charge on any atom is 0.337 e. The number of hydrogen-bond donors (Lipinski definition) is 1. The molecule has 0 spiro atoms. The first-order valence-corrected chi connectivity index (χ1v) is 5.65. The standard InChI is InChI=1S/C13H11N3O4/c1-20-13(17)9-4-5-12(16(18)19)11(7-9)15-10-3-2-6-14-8-10/h2-8,15H,1H3. The summed E-state index contributed by atoms with van der Waals surface area (Å²) in [4.78, 5) is 25.8. The number of esters is 1. The van der Waals surface area contributed by atoms with Gasteiger partial charge in [-0.15, -0.1) is 0 Å². The van der Waals surface area contributed by atoms with Crippen LogP contribution >= 0.6 is 0 Å². The van der Waals surface area contributed by atoms with E-state index in [1.54, 1.807) is 18.3 Å². The Bertz CT molecular complexity index is 643. The lowest BCUT2D eigenvalue weighted by Gasteiger charge is -2.08. The van der Waals surface area contributed by atoms with Crippen molar-refractivity contribution in [2.75, 3.05) is 12.4 Å². The van der Waals surface area contributed by atoms with Gasteiger partial charge in [0.2, 0.25) is 0 Å². The molecule has 0 radical (unpaired) electrons. The highest BCUT2D eigenvalue weighted by atomic mass is 16.6. The minimum Gasteiger partial charge on any atom is -0.465 e. The second kappa shape index (κ2) is 5.79. The number of nitro benzene ring substituents is 1. The molecule has 0 bridgehead atoms. The van der Waals surface area contributed by atoms with Crippen molar-refractivity contribution in [3.63, 3.8) is 0 Å². The summed E-state index contributed by atoms with van der Waals surface area (Å²) in [6.07, 6.45) is 3.11. The number of benzene rings is 1. The SMILES string of the molecule is COC(=O)c1ccc([N+](=O)[O-])c(Nc2cccnc2)c1. The molecule has 0 saturated heterocycles. The van der Waals surface area contributed by atoms with Crippen LogP contribution in [0.5, 0.6) is 0 Å². The Kier molecular flexibility index (Phi) is 3.90. The Balaban J connectivity index is 2.42. The summed E-state index contributed by atoms with van der Waals surface area (Å²) < 4.78 is 4.59. The van der Waals surface area contributed by atoms with Crippen LogP contribution in [0.1, 0.15) is 10.4 Å². The van der Waals surface area contributed by atoms with Gasteiger partial charge in [0.25, 0.3) is 5.69 Å². The molecule has 2 rings (SSSR count). The van der Waals surface area contributed by atoms with Gasteiger partial charge < -0.3 is 10.1 Å². The van der Waals surface area contributed by atoms with E-state index in [4.69, 9.17) is 0 Å². The minimum absolute atomic E-state index is 0.137. The summed E-state index contributed by atoms with van der Waals surface area (Å²) in [7, 11) is 1.25. The largest absolute Gasteiger partial charge is 0.465 e. The Hall–Kier alpha value is -2.96. The van der Waals surface area contributed by atoms with Crippen molar-refractivity contribution in [3.05, 3.63) is 58.4 Å². The quantitative estimate of drug-likeness (QED) is 0.522. The van der Waals surface area contributed by atoms with Gasteiger partial charge in [0.15, 0.2) is 0 Å². The topological polar surface area (TPSA) is 94.4 Å². The number of carbonyl (C=O) groups excluding carboxylic acids is 1. The van der Waals surface area contributed by atoms with Gasteiger partial charge in [0.1, 0.15) is 5.69 Å². The molecule has 0 amide bonds. The number of pyridine rings is 1. The van der Waals surface area contributed by atoms with Crippen LogP contribution in [0, 0.1) is 10.1 Å². The number of nitrogens with zero attached hydrogens (tertiary/aromatic N) is 2. The Morgan fingerprint density at radius 2 is 2.20 bits per heavy atom. The molecule has 0 aliphatic carbocycles. The van der Waals surface area contributed by atoms with Gasteiger partial charge in [-0.2, -0.15) is 0 Å². The number of aromatic nitrogens is 1. The van der Waals surface area contributed by atoms with E-state index in [0.717, 1.165) is 0 Å². The fourth-order valence-electron chi connectivity index (χ4n) is 1.63. The summed E-state index contributed by atoms with van der Waals surface area (Å²) in [5.74, 6) is -0.561. The predicted molar refractivity (Wildman–Crippen MR) is 72.0 cm³/mol. The summed E-state index contributed by atoms with van der Waals surface area (Å²) in [5, 5.41) is 13.9. The molecule has 1 aromatic carbocycles. The number of nitrogens with one attached hydrogen (secondary N) is 1. The highest BCUT2D eigenvalue weighted by molar-refractivity contribution is 5.92. The van der Waals surface area contributed by atoms with Crippen LogP contribution < -0.4 is 5.32 Å². The van der Waals surface area contributed by atoms with Crippen molar-refractivity contribution < 1.29 is 14.5 Å². The maximum atomic E-state index is 11.5. The molecule has 7 nitrogen and oxygen atoms in total. The summed E-state index contributed by atoms with van der Waals surface area (Å²) >= 11 is 0. The lowest BCUT2D eigenvalue weighted by molar-refractivity contribution is -0.383. The lowest BCUT2D eigenvalue weighted by atomic mass is 10.1. The first-order valence-electron chi connectivity index (χ1n) is 5.65. The lowest BCUT2D eigenvalue weighted by Crippen LogP contribution is -2.04. The summed E-state index contributed by atoms with van der Waals surface area (Å²) in [6.45, 7) is 0. The zero-order valence-corrected chi connectivity index (χ0v) is 10.6. The number of carbonyl (C=O) groups is 1. The van der Waals surface area contributed by atoms with Crippen LogP contribution in [0.2, 0.25) is 0 Å². The summed E-state index contributed by atoms with van der Waals surface area (Å²) in [6, 6.07) is 7.38. The Labute approximate surface area is 114 Å². The third-order valence-corrected chi connectivity index (χ3v) is 2.55. The molecule has 0 aliphatic rings. The third-order valence-electron chi connectivity index (χ3n) is 2.55. The van der Waals surface area contributed by atoms with Gasteiger partial charge in [-0.3, -0.25) is 15.1 Å². The van der Waals surface area contributed by atoms with Gasteiger partial charge in [-0.05, 0) is 24.3 Å². The Morgan fingerprint density at radius 1 is 1.40 bits per heavy atom. The van der Waals surface area contributed by atoms with Gasteiger partial charge in [0, 0.05) is 12.3 Å². The van der Waals surface area contributed by atoms with E-state index in [1.807, 2.05) is 0 Å². The molecule has 2 aromatic rings. The minimum atomic E-state index is -0.561. The molecule has 0 saturated carbocycles. The van der Waals surface area contributed by atoms with Crippen LogP contribution in [0.15, 0.2) is 42.7 Å². The molecular weight excluding hydrogens is 262 g/mol. The Morgan fingerprint density at radius 3 is 2.80 bits per heavy atom. The smallest absolute Gasteiger partial charge is 0.337 e. The number of ether oxygens (including phenoxy) is 1. The molecular formula is C13H11N3O4. The molecule has 102 valence electrons. The van der Waals surface area contributed by atoms with Gasteiger partial charge in [-0.25, -0.2) is 4.79 Å². The second-order valence-electron chi connectivity index (χ2n) is 3.85. The van der Waals surface area contributed by atoms with Crippen molar-refractivity contribution in [1.29, 1.82) is 0 Å². The van der Waals surface area contributed by atoms with E-state index < -0.39 is 10.9 Å². The van der Waals surface area contributed by atoms with Crippen molar-refractivity contribution in [3.8, 4) is 0 Å². The number of rotatable bonds is 4. The van der Waals surface area contributed by atoms with Crippen molar-refractivity contribution in [1.82, 2.24) is 4.98 Å². The maximum absolute atomic E-state index is 11.5. The van der Waals surface area contributed by atoms with Crippen LogP contribution in [0.3, 0.4) is 0 Å². The molecule has 0 atom stereocenters. The normalized spacial score (nSPS) is 9.85.